The van der Waals surface area contributed by atoms with Gasteiger partial charge in [0.05, 0.1) is 0 Å². The minimum Gasteiger partial charge on any atom is -0.310 e. The number of nitrogens with zero attached hydrogens (tertiary/aromatic N) is 1. The minimum atomic E-state index is -0.0975. The van der Waals surface area contributed by atoms with Crippen molar-refractivity contribution >= 4 is 27.8 Å². The highest BCUT2D eigenvalue weighted by Crippen LogP contribution is 2.70. The standard InChI is InChI=1S/C59H49N/c1-58(2)54-18-9-8-17-50(54)51-25-22-49(36-56(51)58)60(47-16-10-15-42(33-47)43-20-19-40-13-6-7-14-41(40)32-43)48-23-26-55-53(35-48)52-24-21-44(39-11-4-3-5-12-39)34-57(52)59(55)45-28-37-27-38(30-45)31-46(59)29-37/h3-26,32-38,45-46H,27-31H2,1-2H3. The summed E-state index contributed by atoms with van der Waals surface area (Å²) in [4.78, 5) is 2.55. The lowest BCUT2D eigenvalue weighted by Gasteiger charge is -2.61. The van der Waals surface area contributed by atoms with Crippen molar-refractivity contribution in [2.24, 2.45) is 23.7 Å². The van der Waals surface area contributed by atoms with E-state index in [2.05, 4.69) is 195 Å². The summed E-state index contributed by atoms with van der Waals surface area (Å²) < 4.78 is 0. The van der Waals surface area contributed by atoms with Gasteiger partial charge in [0.25, 0.3) is 0 Å². The molecule has 0 heterocycles. The van der Waals surface area contributed by atoms with Gasteiger partial charge >= 0.3 is 0 Å². The predicted octanol–water partition coefficient (Wildman–Crippen LogP) is 15.7. The molecule has 8 aromatic carbocycles. The summed E-state index contributed by atoms with van der Waals surface area (Å²) >= 11 is 0. The fraction of sp³-hybridized carbons (Fsp3) is 0.220. The number of fused-ring (bicyclic) bond motifs is 7. The van der Waals surface area contributed by atoms with Crippen molar-refractivity contribution in [1.82, 2.24) is 0 Å². The number of benzene rings is 8. The van der Waals surface area contributed by atoms with Gasteiger partial charge in [0.15, 0.2) is 0 Å². The molecule has 0 atom stereocenters. The molecule has 0 saturated heterocycles. The first-order valence-corrected chi connectivity index (χ1v) is 22.4. The molecule has 8 aromatic rings. The average Bonchev–Trinajstić information content (AvgIpc) is 3.70. The second-order valence-corrected chi connectivity index (χ2v) is 19.4. The molecule has 60 heavy (non-hydrogen) atoms. The van der Waals surface area contributed by atoms with E-state index >= 15 is 0 Å². The fourth-order valence-electron chi connectivity index (χ4n) is 13.6. The molecule has 0 N–H and O–H groups in total. The molecule has 290 valence electrons. The number of hydrogen-bond acceptors (Lipinski definition) is 1. The van der Waals surface area contributed by atoms with Gasteiger partial charge < -0.3 is 4.90 Å². The van der Waals surface area contributed by atoms with Gasteiger partial charge in [-0.05, 0) is 182 Å². The Hall–Kier alpha value is -6.18. The van der Waals surface area contributed by atoms with Crippen molar-refractivity contribution in [3.8, 4) is 44.5 Å². The summed E-state index contributed by atoms with van der Waals surface area (Å²) in [6.45, 7) is 4.79. The van der Waals surface area contributed by atoms with E-state index in [-0.39, 0.29) is 10.8 Å². The van der Waals surface area contributed by atoms with Crippen LogP contribution in [0.4, 0.5) is 17.1 Å². The van der Waals surface area contributed by atoms with Crippen LogP contribution in [0.2, 0.25) is 0 Å². The number of rotatable bonds is 5. The Morgan fingerprint density at radius 1 is 0.367 bits per heavy atom. The van der Waals surface area contributed by atoms with E-state index in [9.17, 15) is 0 Å². The van der Waals surface area contributed by atoms with Crippen molar-refractivity contribution in [2.45, 2.75) is 56.8 Å². The molecule has 0 amide bonds. The average molecular weight is 772 g/mol. The molecule has 1 nitrogen and oxygen atoms in total. The molecular formula is C59H49N. The van der Waals surface area contributed by atoms with Crippen molar-refractivity contribution in [1.29, 1.82) is 0 Å². The van der Waals surface area contributed by atoms with Gasteiger partial charge in [-0.3, -0.25) is 0 Å². The maximum Gasteiger partial charge on any atom is 0.0468 e. The summed E-state index contributed by atoms with van der Waals surface area (Å²) in [5, 5.41) is 2.54. The second kappa shape index (κ2) is 12.7. The number of anilines is 3. The van der Waals surface area contributed by atoms with Crippen molar-refractivity contribution in [3.05, 3.63) is 198 Å². The van der Waals surface area contributed by atoms with Crippen LogP contribution in [0.5, 0.6) is 0 Å². The van der Waals surface area contributed by atoms with Crippen LogP contribution in [0.3, 0.4) is 0 Å². The van der Waals surface area contributed by atoms with Crippen LogP contribution in [0.15, 0.2) is 176 Å². The Labute approximate surface area is 354 Å². The SMILES string of the molecule is CC1(C)c2ccccc2-c2ccc(N(c3cccc(-c4ccc5ccccc5c4)c3)c3ccc4c(c3)-c3ccc(-c5ccccc5)cc3C43C4CC5CC(C4)CC3C5)cc21. The molecule has 0 radical (unpaired) electrons. The first-order valence-electron chi connectivity index (χ1n) is 22.4. The van der Waals surface area contributed by atoms with Crippen LogP contribution in [0.25, 0.3) is 55.3 Å². The quantitative estimate of drug-likeness (QED) is 0.168. The molecule has 4 saturated carbocycles. The zero-order valence-corrected chi connectivity index (χ0v) is 34.5. The number of hydrogen-bond donors (Lipinski definition) is 0. The minimum absolute atomic E-state index is 0.0889. The van der Waals surface area contributed by atoms with Gasteiger partial charge in [-0.2, -0.15) is 0 Å². The highest BCUT2D eigenvalue weighted by atomic mass is 15.1. The van der Waals surface area contributed by atoms with Gasteiger partial charge in [0.1, 0.15) is 0 Å². The van der Waals surface area contributed by atoms with Crippen LogP contribution < -0.4 is 4.90 Å². The van der Waals surface area contributed by atoms with E-state index in [1.807, 2.05) is 0 Å². The van der Waals surface area contributed by atoms with Crippen LogP contribution in [-0.4, -0.2) is 0 Å². The largest absolute Gasteiger partial charge is 0.310 e. The molecule has 6 aliphatic rings. The molecule has 0 aromatic heterocycles. The zero-order chi connectivity index (χ0) is 39.7. The third-order valence-electron chi connectivity index (χ3n) is 16.0. The predicted molar refractivity (Wildman–Crippen MR) is 250 cm³/mol. The van der Waals surface area contributed by atoms with Gasteiger partial charge in [0, 0.05) is 27.9 Å². The van der Waals surface area contributed by atoms with Gasteiger partial charge in [0.2, 0.25) is 0 Å². The van der Waals surface area contributed by atoms with E-state index < -0.39 is 0 Å². The van der Waals surface area contributed by atoms with E-state index in [0.29, 0.717) is 11.8 Å². The summed E-state index contributed by atoms with van der Waals surface area (Å²) in [7, 11) is 0. The maximum atomic E-state index is 2.62. The third-order valence-corrected chi connectivity index (χ3v) is 16.0. The summed E-state index contributed by atoms with van der Waals surface area (Å²) in [6, 6.07) is 67.3. The Balaban J connectivity index is 1.01. The topological polar surface area (TPSA) is 3.24 Å². The highest BCUT2D eigenvalue weighted by molar-refractivity contribution is 5.92. The maximum absolute atomic E-state index is 2.62. The summed E-state index contributed by atoms with van der Waals surface area (Å²) in [5.74, 6) is 3.23. The van der Waals surface area contributed by atoms with Crippen LogP contribution in [0, 0.1) is 23.7 Å². The van der Waals surface area contributed by atoms with Gasteiger partial charge in [-0.1, -0.05) is 141 Å². The Morgan fingerprint density at radius 2 is 0.967 bits per heavy atom. The molecule has 14 rings (SSSR count). The summed E-state index contributed by atoms with van der Waals surface area (Å²) in [5.41, 5.74) is 20.3. The van der Waals surface area contributed by atoms with Crippen molar-refractivity contribution in [3.63, 3.8) is 0 Å². The second-order valence-electron chi connectivity index (χ2n) is 19.4. The molecular weight excluding hydrogens is 723 g/mol. The molecule has 0 aliphatic heterocycles. The lowest BCUT2D eigenvalue weighted by atomic mass is 9.43. The smallest absolute Gasteiger partial charge is 0.0468 e. The lowest BCUT2D eigenvalue weighted by molar-refractivity contribution is -0.0399. The van der Waals surface area contributed by atoms with Gasteiger partial charge in [-0.15, -0.1) is 0 Å². The molecule has 4 bridgehead atoms. The van der Waals surface area contributed by atoms with Crippen LogP contribution in [-0.2, 0) is 10.8 Å². The zero-order valence-electron chi connectivity index (χ0n) is 34.5. The summed E-state index contributed by atoms with van der Waals surface area (Å²) in [6.07, 6.45) is 6.98. The molecule has 4 fully saturated rings. The van der Waals surface area contributed by atoms with Crippen molar-refractivity contribution in [2.75, 3.05) is 4.90 Å². The third kappa shape index (κ3) is 4.87. The first kappa shape index (κ1) is 34.7. The molecule has 1 heteroatoms. The van der Waals surface area contributed by atoms with E-state index in [0.717, 1.165) is 11.8 Å². The molecule has 1 spiro atoms. The molecule has 6 aliphatic carbocycles. The van der Waals surface area contributed by atoms with E-state index in [4.69, 9.17) is 0 Å². The van der Waals surface area contributed by atoms with Crippen LogP contribution in [0.1, 0.15) is 68.2 Å². The normalized spacial score (nSPS) is 23.4. The Bertz CT molecular complexity index is 3010. The molecule has 0 unspecified atom stereocenters. The van der Waals surface area contributed by atoms with E-state index in [1.165, 1.54) is 116 Å². The Kier molecular flexibility index (Phi) is 7.32. The van der Waals surface area contributed by atoms with Crippen LogP contribution >= 0.6 is 0 Å². The highest BCUT2D eigenvalue weighted by Gasteiger charge is 2.61. The first-order chi connectivity index (χ1) is 29.4. The fourth-order valence-corrected chi connectivity index (χ4v) is 13.6. The van der Waals surface area contributed by atoms with Crippen molar-refractivity contribution < 1.29 is 0 Å². The van der Waals surface area contributed by atoms with E-state index in [1.54, 1.807) is 11.1 Å². The van der Waals surface area contributed by atoms with Gasteiger partial charge in [-0.25, -0.2) is 0 Å². The Morgan fingerprint density at radius 3 is 1.80 bits per heavy atom. The lowest BCUT2D eigenvalue weighted by Crippen LogP contribution is -2.55. The monoisotopic (exact) mass is 771 g/mol.